The van der Waals surface area contributed by atoms with E-state index in [1.807, 2.05) is 0 Å². The Kier molecular flexibility index (Phi) is 4.02. The van der Waals surface area contributed by atoms with Crippen molar-refractivity contribution in [3.8, 4) is 0 Å². The van der Waals surface area contributed by atoms with Crippen molar-refractivity contribution in [3.63, 3.8) is 0 Å². The summed E-state index contributed by atoms with van der Waals surface area (Å²) in [4.78, 5) is 11.7. The molecule has 1 fully saturated rings. The number of fused-ring (bicyclic) bond motifs is 1. The van der Waals surface area contributed by atoms with Crippen LogP contribution in [0.4, 0.5) is 5.69 Å². The Labute approximate surface area is 128 Å². The molecule has 1 aliphatic rings. The van der Waals surface area contributed by atoms with Crippen molar-refractivity contribution in [1.82, 2.24) is 14.9 Å². The van der Waals surface area contributed by atoms with Gasteiger partial charge in [-0.2, -0.15) is 5.10 Å². The summed E-state index contributed by atoms with van der Waals surface area (Å²) >= 11 is 0. The zero-order valence-electron chi connectivity index (χ0n) is 12.0. The minimum absolute atomic E-state index is 0.0397. The third kappa shape index (κ3) is 3.38. The third-order valence-electron chi connectivity index (χ3n) is 3.82. The number of anilines is 1. The summed E-state index contributed by atoms with van der Waals surface area (Å²) in [5.41, 5.74) is 1.29. The van der Waals surface area contributed by atoms with Crippen molar-refractivity contribution in [2.75, 3.05) is 17.0 Å². The van der Waals surface area contributed by atoms with Gasteiger partial charge in [0, 0.05) is 24.9 Å². The molecule has 2 aromatic heterocycles. The lowest BCUT2D eigenvalue weighted by molar-refractivity contribution is -0.127. The van der Waals surface area contributed by atoms with Gasteiger partial charge < -0.3 is 5.32 Å². The van der Waals surface area contributed by atoms with Gasteiger partial charge in [-0.1, -0.05) is 6.42 Å². The maximum absolute atomic E-state index is 12.0. The first-order chi connectivity index (χ1) is 10.5. The third-order valence-corrected chi connectivity index (χ3v) is 5.11. The maximum Gasteiger partial charge on any atom is 0.234 e. The molecule has 2 heterocycles. The largest absolute Gasteiger partial charge is 0.355 e. The lowest BCUT2D eigenvalue weighted by atomic mass is 9.85. The first kappa shape index (κ1) is 14.8. The average Bonchev–Trinajstić information content (AvgIpc) is 2.83. The fourth-order valence-corrected chi connectivity index (χ4v) is 3.30. The SMILES string of the molecule is O=C(NCCS(=O)(=O)Nc1ccn2nccc2c1)C1CCC1. The van der Waals surface area contributed by atoms with E-state index in [1.165, 1.54) is 0 Å². The molecular formula is C14H18N4O3S. The number of carbonyl (C=O) groups excluding carboxylic acids is 1. The Hall–Kier alpha value is -2.09. The Morgan fingerprint density at radius 1 is 1.36 bits per heavy atom. The van der Waals surface area contributed by atoms with Crippen LogP contribution in [0.1, 0.15) is 19.3 Å². The number of rotatable bonds is 6. The molecule has 2 N–H and O–H groups in total. The summed E-state index contributed by atoms with van der Waals surface area (Å²) < 4.78 is 28.2. The second kappa shape index (κ2) is 5.96. The van der Waals surface area contributed by atoms with Gasteiger partial charge in [-0.05, 0) is 31.0 Å². The Morgan fingerprint density at radius 2 is 2.18 bits per heavy atom. The highest BCUT2D eigenvalue weighted by molar-refractivity contribution is 7.92. The van der Waals surface area contributed by atoms with Gasteiger partial charge in [0.1, 0.15) is 0 Å². The lowest BCUT2D eigenvalue weighted by Crippen LogP contribution is -2.37. The van der Waals surface area contributed by atoms with Gasteiger partial charge >= 0.3 is 0 Å². The molecule has 0 spiro atoms. The molecule has 1 amide bonds. The summed E-state index contributed by atoms with van der Waals surface area (Å²) in [5, 5.41) is 6.73. The van der Waals surface area contributed by atoms with E-state index in [0.29, 0.717) is 5.69 Å². The van der Waals surface area contributed by atoms with Crippen LogP contribution in [0.25, 0.3) is 5.52 Å². The van der Waals surface area contributed by atoms with Crippen LogP contribution < -0.4 is 10.0 Å². The van der Waals surface area contributed by atoms with Gasteiger partial charge in [-0.3, -0.25) is 9.52 Å². The molecule has 0 aromatic carbocycles. The van der Waals surface area contributed by atoms with Crippen molar-refractivity contribution in [1.29, 1.82) is 0 Å². The molecule has 0 bridgehead atoms. The van der Waals surface area contributed by atoms with Gasteiger partial charge in [0.05, 0.1) is 17.0 Å². The number of pyridine rings is 1. The van der Waals surface area contributed by atoms with Crippen LogP contribution in [0, 0.1) is 5.92 Å². The zero-order valence-corrected chi connectivity index (χ0v) is 12.8. The van der Waals surface area contributed by atoms with Crippen molar-refractivity contribution in [2.45, 2.75) is 19.3 Å². The normalized spacial score (nSPS) is 15.5. The number of hydrogen-bond donors (Lipinski definition) is 2. The predicted molar refractivity (Wildman–Crippen MR) is 83.0 cm³/mol. The predicted octanol–water partition coefficient (Wildman–Crippen LogP) is 0.992. The first-order valence-corrected chi connectivity index (χ1v) is 8.90. The summed E-state index contributed by atoms with van der Waals surface area (Å²) in [7, 11) is -3.49. The van der Waals surface area contributed by atoms with E-state index >= 15 is 0 Å². The van der Waals surface area contributed by atoms with Gasteiger partial charge in [0.15, 0.2) is 0 Å². The van der Waals surface area contributed by atoms with Gasteiger partial charge in [0.2, 0.25) is 15.9 Å². The number of amides is 1. The second-order valence-electron chi connectivity index (χ2n) is 5.46. The van der Waals surface area contributed by atoms with Gasteiger partial charge in [0.25, 0.3) is 0 Å². The molecule has 22 heavy (non-hydrogen) atoms. The molecule has 0 radical (unpaired) electrons. The molecule has 0 saturated heterocycles. The highest BCUT2D eigenvalue weighted by Gasteiger charge is 2.25. The first-order valence-electron chi connectivity index (χ1n) is 7.25. The fraction of sp³-hybridized carbons (Fsp3) is 0.429. The number of hydrogen-bond acceptors (Lipinski definition) is 4. The summed E-state index contributed by atoms with van der Waals surface area (Å²) in [6, 6.07) is 5.14. The Balaban J connectivity index is 1.54. The minimum atomic E-state index is -3.49. The van der Waals surface area contributed by atoms with Crippen LogP contribution in [-0.2, 0) is 14.8 Å². The molecule has 118 valence electrons. The molecular weight excluding hydrogens is 304 g/mol. The van der Waals surface area contributed by atoms with Crippen LogP contribution in [0.15, 0.2) is 30.6 Å². The molecule has 0 unspecified atom stereocenters. The fourth-order valence-electron chi connectivity index (χ4n) is 2.34. The molecule has 3 rings (SSSR count). The van der Waals surface area contributed by atoms with Crippen LogP contribution in [0.3, 0.4) is 0 Å². The van der Waals surface area contributed by atoms with E-state index in [4.69, 9.17) is 0 Å². The summed E-state index contributed by atoms with van der Waals surface area (Å²) in [5.74, 6) is -0.113. The van der Waals surface area contributed by atoms with Crippen molar-refractivity contribution in [2.24, 2.45) is 5.92 Å². The summed E-state index contributed by atoms with van der Waals surface area (Å²) in [6.07, 6.45) is 6.22. The van der Waals surface area contributed by atoms with E-state index in [-0.39, 0.29) is 24.1 Å². The highest BCUT2D eigenvalue weighted by Crippen LogP contribution is 2.26. The standard InChI is InChI=1S/C14H18N4O3S/c19-14(11-2-1-3-11)15-7-9-22(20,21)17-12-5-8-18-13(10-12)4-6-16-18/h4-6,8,10-11,17H,1-3,7,9H2,(H,15,19). The lowest BCUT2D eigenvalue weighted by Gasteiger charge is -2.23. The number of nitrogens with zero attached hydrogens (tertiary/aromatic N) is 2. The van der Waals surface area contributed by atoms with Crippen molar-refractivity contribution >= 4 is 27.1 Å². The molecule has 2 aromatic rings. The number of carbonyl (C=O) groups is 1. The number of aromatic nitrogens is 2. The number of sulfonamides is 1. The molecule has 7 nitrogen and oxygen atoms in total. The average molecular weight is 322 g/mol. The maximum atomic E-state index is 12.0. The van der Waals surface area contributed by atoms with E-state index in [9.17, 15) is 13.2 Å². The Morgan fingerprint density at radius 3 is 2.91 bits per heavy atom. The zero-order chi connectivity index (χ0) is 15.6. The van der Waals surface area contributed by atoms with E-state index in [0.717, 1.165) is 24.8 Å². The van der Waals surface area contributed by atoms with Crippen LogP contribution in [0.5, 0.6) is 0 Å². The monoisotopic (exact) mass is 322 g/mol. The molecule has 0 atom stereocenters. The minimum Gasteiger partial charge on any atom is -0.355 e. The molecule has 0 aliphatic heterocycles. The Bertz CT molecular complexity index is 780. The van der Waals surface area contributed by atoms with Gasteiger partial charge in [-0.25, -0.2) is 12.9 Å². The van der Waals surface area contributed by atoms with Crippen molar-refractivity contribution < 1.29 is 13.2 Å². The summed E-state index contributed by atoms with van der Waals surface area (Å²) in [6.45, 7) is 0.125. The van der Waals surface area contributed by atoms with E-state index in [1.54, 1.807) is 35.1 Å². The van der Waals surface area contributed by atoms with Crippen LogP contribution in [-0.4, -0.2) is 36.2 Å². The topological polar surface area (TPSA) is 92.6 Å². The van der Waals surface area contributed by atoms with Crippen LogP contribution in [0.2, 0.25) is 0 Å². The van der Waals surface area contributed by atoms with Gasteiger partial charge in [-0.15, -0.1) is 0 Å². The molecule has 8 heteroatoms. The van der Waals surface area contributed by atoms with E-state index in [2.05, 4.69) is 15.1 Å². The number of nitrogens with one attached hydrogen (secondary N) is 2. The van der Waals surface area contributed by atoms with Crippen molar-refractivity contribution in [3.05, 3.63) is 30.6 Å². The molecule has 1 saturated carbocycles. The molecule has 1 aliphatic carbocycles. The van der Waals surface area contributed by atoms with E-state index < -0.39 is 10.0 Å². The smallest absolute Gasteiger partial charge is 0.234 e. The quantitative estimate of drug-likeness (QED) is 0.829. The highest BCUT2D eigenvalue weighted by atomic mass is 32.2. The second-order valence-corrected chi connectivity index (χ2v) is 7.30. The van der Waals surface area contributed by atoms with Crippen LogP contribution >= 0.6 is 0 Å².